The van der Waals surface area contributed by atoms with Crippen molar-refractivity contribution in [3.8, 4) is 0 Å². The van der Waals surface area contributed by atoms with Gasteiger partial charge in [-0.25, -0.2) is 0 Å². The molecule has 1 N–H and O–H groups in total. The Morgan fingerprint density at radius 3 is 2.75 bits per heavy atom. The second kappa shape index (κ2) is 5.80. The Morgan fingerprint density at radius 1 is 1.25 bits per heavy atom. The number of benzene rings is 1. The smallest absolute Gasteiger partial charge is 0.138 e. The molecule has 2 nitrogen and oxygen atoms in total. The minimum atomic E-state index is 0.352. The van der Waals surface area contributed by atoms with Crippen LogP contribution in [0.3, 0.4) is 0 Å². The quantitative estimate of drug-likeness (QED) is 0.838. The van der Waals surface area contributed by atoms with Gasteiger partial charge in [-0.1, -0.05) is 36.8 Å². The molecule has 1 heterocycles. The highest BCUT2D eigenvalue weighted by Crippen LogP contribution is 2.12. The molecule has 2 heteroatoms. The number of Topliss-reactive ketones (excluding diaryl/α,β-unsaturated/α-hetero) is 1. The predicted molar refractivity (Wildman–Crippen MR) is 65.4 cm³/mol. The van der Waals surface area contributed by atoms with Crippen LogP contribution >= 0.6 is 0 Å². The normalized spacial score (nSPS) is 20.6. The van der Waals surface area contributed by atoms with Gasteiger partial charge in [0.05, 0.1) is 0 Å². The molecule has 1 fully saturated rings. The molecule has 1 saturated heterocycles. The van der Waals surface area contributed by atoms with Gasteiger partial charge in [-0.15, -0.1) is 0 Å². The van der Waals surface area contributed by atoms with Crippen molar-refractivity contribution in [2.45, 2.75) is 38.1 Å². The highest BCUT2D eigenvalue weighted by Gasteiger charge is 2.16. The minimum Gasteiger partial charge on any atom is -0.314 e. The summed E-state index contributed by atoms with van der Waals surface area (Å²) in [6, 6.07) is 10.4. The topological polar surface area (TPSA) is 29.1 Å². The molecule has 0 aliphatic carbocycles. The van der Waals surface area contributed by atoms with E-state index in [0.717, 1.165) is 18.5 Å². The van der Waals surface area contributed by atoms with Gasteiger partial charge in [0.25, 0.3) is 0 Å². The molecule has 2 rings (SSSR count). The number of ketones is 1. The van der Waals surface area contributed by atoms with Gasteiger partial charge in [-0.2, -0.15) is 0 Å². The number of hydrogen-bond donors (Lipinski definition) is 1. The van der Waals surface area contributed by atoms with Crippen LogP contribution in [0.1, 0.15) is 31.2 Å². The first kappa shape index (κ1) is 11.3. The number of hydrogen-bond acceptors (Lipinski definition) is 2. The summed E-state index contributed by atoms with van der Waals surface area (Å²) < 4.78 is 0. The van der Waals surface area contributed by atoms with E-state index in [0.29, 0.717) is 24.7 Å². The van der Waals surface area contributed by atoms with Gasteiger partial charge in [0, 0.05) is 18.9 Å². The summed E-state index contributed by atoms with van der Waals surface area (Å²) >= 11 is 0. The lowest BCUT2D eigenvalue weighted by molar-refractivity contribution is -0.119. The summed E-state index contributed by atoms with van der Waals surface area (Å²) in [7, 11) is 0. The Morgan fingerprint density at radius 2 is 2.06 bits per heavy atom. The largest absolute Gasteiger partial charge is 0.314 e. The van der Waals surface area contributed by atoms with Gasteiger partial charge in [0.2, 0.25) is 0 Å². The fourth-order valence-corrected chi connectivity index (χ4v) is 2.27. The molecule has 86 valence electrons. The van der Waals surface area contributed by atoms with E-state index < -0.39 is 0 Å². The molecule has 1 atom stereocenters. The molecule has 1 unspecified atom stereocenters. The molecule has 1 aromatic carbocycles. The standard InChI is InChI=1S/C14H19NO/c16-14(10-12-6-2-1-3-7-12)11-13-8-4-5-9-15-13/h1-3,6-7,13,15H,4-5,8-11H2. The molecule has 1 aliphatic rings. The molecule has 0 spiro atoms. The minimum absolute atomic E-state index is 0.352. The SMILES string of the molecule is O=C(Cc1ccccc1)CC1CCCCN1. The Bertz CT molecular complexity index is 328. The van der Waals surface area contributed by atoms with Crippen molar-refractivity contribution in [2.24, 2.45) is 0 Å². The number of carbonyl (C=O) groups excluding carboxylic acids is 1. The highest BCUT2D eigenvalue weighted by molar-refractivity contribution is 5.81. The van der Waals surface area contributed by atoms with Crippen molar-refractivity contribution in [1.82, 2.24) is 5.32 Å². The van der Waals surface area contributed by atoms with Gasteiger partial charge in [0.15, 0.2) is 0 Å². The van der Waals surface area contributed by atoms with E-state index in [9.17, 15) is 4.79 Å². The zero-order valence-electron chi connectivity index (χ0n) is 9.61. The summed E-state index contributed by atoms with van der Waals surface area (Å²) in [6.45, 7) is 1.07. The van der Waals surface area contributed by atoms with Gasteiger partial charge in [-0.05, 0) is 24.9 Å². The van der Waals surface area contributed by atoms with Crippen LogP contribution in [-0.2, 0) is 11.2 Å². The lowest BCUT2D eigenvalue weighted by Gasteiger charge is -2.22. The molecule has 0 radical (unpaired) electrons. The maximum Gasteiger partial charge on any atom is 0.138 e. The van der Waals surface area contributed by atoms with E-state index in [-0.39, 0.29) is 0 Å². The molecule has 1 aliphatic heterocycles. The van der Waals surface area contributed by atoms with Gasteiger partial charge in [0.1, 0.15) is 5.78 Å². The number of rotatable bonds is 4. The molecular formula is C14H19NO. The van der Waals surface area contributed by atoms with E-state index in [1.807, 2.05) is 30.3 Å². The van der Waals surface area contributed by atoms with Crippen LogP contribution < -0.4 is 5.32 Å². The van der Waals surface area contributed by atoms with Crippen LogP contribution in [0.25, 0.3) is 0 Å². The molecule has 0 bridgehead atoms. The van der Waals surface area contributed by atoms with Crippen LogP contribution in [0, 0.1) is 0 Å². The molecule has 0 saturated carbocycles. The summed E-state index contributed by atoms with van der Waals surface area (Å²) in [5.74, 6) is 0.352. The highest BCUT2D eigenvalue weighted by atomic mass is 16.1. The first-order valence-corrected chi connectivity index (χ1v) is 6.13. The van der Waals surface area contributed by atoms with Crippen molar-refractivity contribution in [3.05, 3.63) is 35.9 Å². The van der Waals surface area contributed by atoms with Gasteiger partial charge >= 0.3 is 0 Å². The molecule has 1 aromatic rings. The van der Waals surface area contributed by atoms with Crippen LogP contribution in [0.4, 0.5) is 0 Å². The van der Waals surface area contributed by atoms with Crippen molar-refractivity contribution < 1.29 is 4.79 Å². The third-order valence-corrected chi connectivity index (χ3v) is 3.13. The zero-order chi connectivity index (χ0) is 11.2. The second-order valence-corrected chi connectivity index (χ2v) is 4.55. The zero-order valence-corrected chi connectivity index (χ0v) is 9.61. The van der Waals surface area contributed by atoms with Crippen LogP contribution in [0.15, 0.2) is 30.3 Å². The van der Waals surface area contributed by atoms with E-state index in [2.05, 4.69) is 5.32 Å². The second-order valence-electron chi connectivity index (χ2n) is 4.55. The Hall–Kier alpha value is -1.15. The number of carbonyl (C=O) groups is 1. The van der Waals surface area contributed by atoms with Crippen molar-refractivity contribution in [3.63, 3.8) is 0 Å². The summed E-state index contributed by atoms with van der Waals surface area (Å²) in [6.07, 6.45) is 4.94. The lowest BCUT2D eigenvalue weighted by atomic mass is 9.97. The van der Waals surface area contributed by atoms with E-state index in [4.69, 9.17) is 0 Å². The average Bonchev–Trinajstić information content (AvgIpc) is 2.31. The Labute approximate surface area is 97.1 Å². The summed E-state index contributed by atoms with van der Waals surface area (Å²) in [5, 5.41) is 3.41. The third-order valence-electron chi connectivity index (χ3n) is 3.13. The maximum absolute atomic E-state index is 11.8. The first-order valence-electron chi connectivity index (χ1n) is 6.13. The summed E-state index contributed by atoms with van der Waals surface area (Å²) in [5.41, 5.74) is 1.13. The summed E-state index contributed by atoms with van der Waals surface area (Å²) in [4.78, 5) is 11.8. The molecular weight excluding hydrogens is 198 g/mol. The molecule has 0 amide bonds. The fourth-order valence-electron chi connectivity index (χ4n) is 2.27. The van der Waals surface area contributed by atoms with Crippen LogP contribution in [0.5, 0.6) is 0 Å². The fraction of sp³-hybridized carbons (Fsp3) is 0.500. The molecule has 0 aromatic heterocycles. The average molecular weight is 217 g/mol. The van der Waals surface area contributed by atoms with Gasteiger partial charge in [-0.3, -0.25) is 4.79 Å². The van der Waals surface area contributed by atoms with E-state index >= 15 is 0 Å². The first-order chi connectivity index (χ1) is 7.84. The number of piperidine rings is 1. The van der Waals surface area contributed by atoms with E-state index in [1.54, 1.807) is 0 Å². The molecule has 16 heavy (non-hydrogen) atoms. The van der Waals surface area contributed by atoms with Crippen molar-refractivity contribution in [1.29, 1.82) is 0 Å². The maximum atomic E-state index is 11.8. The predicted octanol–water partition coefficient (Wildman–Crippen LogP) is 2.33. The Balaban J connectivity index is 1.80. The van der Waals surface area contributed by atoms with Gasteiger partial charge < -0.3 is 5.32 Å². The lowest BCUT2D eigenvalue weighted by Crippen LogP contribution is -2.35. The Kier molecular flexibility index (Phi) is 4.11. The monoisotopic (exact) mass is 217 g/mol. The van der Waals surface area contributed by atoms with Crippen molar-refractivity contribution >= 4 is 5.78 Å². The number of nitrogens with one attached hydrogen (secondary N) is 1. The van der Waals surface area contributed by atoms with Crippen LogP contribution in [0.2, 0.25) is 0 Å². The van der Waals surface area contributed by atoms with Crippen LogP contribution in [-0.4, -0.2) is 18.4 Å². The van der Waals surface area contributed by atoms with E-state index in [1.165, 1.54) is 12.8 Å². The third kappa shape index (κ3) is 3.46. The van der Waals surface area contributed by atoms with Crippen molar-refractivity contribution in [2.75, 3.05) is 6.54 Å².